The first-order chi connectivity index (χ1) is 10.2. The van der Waals surface area contributed by atoms with Crippen molar-refractivity contribution in [2.24, 2.45) is 5.73 Å². The highest BCUT2D eigenvalue weighted by atomic mass is 16.7. The number of ether oxygens (including phenoxy) is 3. The lowest BCUT2D eigenvalue weighted by Gasteiger charge is -2.20. The first kappa shape index (κ1) is 17.5. The molecule has 0 aliphatic rings. The summed E-state index contributed by atoms with van der Waals surface area (Å²) in [6, 6.07) is 9.60. The number of carbonyl (C=O) groups excluding carboxylic acids is 1. The predicted octanol–water partition coefficient (Wildman–Crippen LogP) is 3.39. The van der Waals surface area contributed by atoms with Gasteiger partial charge in [-0.05, 0) is 38.7 Å². The van der Waals surface area contributed by atoms with Crippen LogP contribution in [-0.2, 0) is 14.2 Å². The number of amides is 1. The highest BCUT2D eigenvalue weighted by Gasteiger charge is 2.16. The van der Waals surface area contributed by atoms with Crippen molar-refractivity contribution in [3.8, 4) is 0 Å². The maximum Gasteiger partial charge on any atom is 0.405 e. The van der Waals surface area contributed by atoms with Crippen LogP contribution in [0.1, 0.15) is 44.8 Å². The van der Waals surface area contributed by atoms with Gasteiger partial charge in [0.1, 0.15) is 6.10 Å². The SMILES string of the molecule is CCOC(CCCC(OC(N)=O)c1ccccc1)OCC. The summed E-state index contributed by atoms with van der Waals surface area (Å²) in [7, 11) is 0. The van der Waals surface area contributed by atoms with Crippen molar-refractivity contribution in [1.29, 1.82) is 0 Å². The van der Waals surface area contributed by atoms with Crippen LogP contribution in [0, 0.1) is 0 Å². The Kier molecular flexibility index (Phi) is 8.47. The summed E-state index contributed by atoms with van der Waals surface area (Å²) >= 11 is 0. The van der Waals surface area contributed by atoms with Gasteiger partial charge in [-0.25, -0.2) is 4.79 Å². The summed E-state index contributed by atoms with van der Waals surface area (Å²) < 4.78 is 16.2. The summed E-state index contributed by atoms with van der Waals surface area (Å²) in [6.07, 6.45) is 0.974. The fourth-order valence-electron chi connectivity index (χ4n) is 2.16. The van der Waals surface area contributed by atoms with Crippen molar-refractivity contribution in [2.75, 3.05) is 13.2 Å². The number of hydrogen-bond acceptors (Lipinski definition) is 4. The largest absolute Gasteiger partial charge is 0.442 e. The van der Waals surface area contributed by atoms with Crippen LogP contribution >= 0.6 is 0 Å². The molecule has 0 aliphatic heterocycles. The second-order valence-corrected chi connectivity index (χ2v) is 4.61. The van der Waals surface area contributed by atoms with Gasteiger partial charge in [0.05, 0.1) is 0 Å². The fourth-order valence-corrected chi connectivity index (χ4v) is 2.16. The summed E-state index contributed by atoms with van der Waals surface area (Å²) in [5, 5.41) is 0. The van der Waals surface area contributed by atoms with Gasteiger partial charge < -0.3 is 19.9 Å². The van der Waals surface area contributed by atoms with Gasteiger partial charge in [0, 0.05) is 13.2 Å². The van der Waals surface area contributed by atoms with Gasteiger partial charge in [-0.3, -0.25) is 0 Å². The normalized spacial score (nSPS) is 12.3. The quantitative estimate of drug-likeness (QED) is 0.672. The molecule has 0 aliphatic carbocycles. The summed E-state index contributed by atoms with van der Waals surface area (Å²) in [6.45, 7) is 5.11. The smallest absolute Gasteiger partial charge is 0.405 e. The Morgan fingerprint density at radius 3 is 2.24 bits per heavy atom. The molecule has 21 heavy (non-hydrogen) atoms. The van der Waals surface area contributed by atoms with Crippen molar-refractivity contribution in [3.63, 3.8) is 0 Å². The van der Waals surface area contributed by atoms with E-state index in [-0.39, 0.29) is 12.4 Å². The Morgan fingerprint density at radius 2 is 1.71 bits per heavy atom. The molecule has 5 heteroatoms. The summed E-state index contributed by atoms with van der Waals surface area (Å²) in [4.78, 5) is 11.0. The van der Waals surface area contributed by atoms with E-state index in [4.69, 9.17) is 19.9 Å². The molecule has 0 saturated heterocycles. The third-order valence-corrected chi connectivity index (χ3v) is 3.04. The molecule has 0 aromatic heterocycles. The first-order valence-electron chi connectivity index (χ1n) is 7.41. The highest BCUT2D eigenvalue weighted by Crippen LogP contribution is 2.24. The molecule has 1 atom stereocenters. The van der Waals surface area contributed by atoms with Crippen LogP contribution in [0.5, 0.6) is 0 Å². The van der Waals surface area contributed by atoms with E-state index in [1.165, 1.54) is 0 Å². The minimum atomic E-state index is -0.755. The van der Waals surface area contributed by atoms with Gasteiger partial charge in [-0.1, -0.05) is 30.3 Å². The lowest BCUT2D eigenvalue weighted by Crippen LogP contribution is -2.19. The predicted molar refractivity (Wildman–Crippen MR) is 80.7 cm³/mol. The standard InChI is InChI=1S/C16H25NO4/c1-3-19-15(20-4-2)12-8-11-14(21-16(17)18)13-9-6-5-7-10-13/h5-7,9-10,14-15H,3-4,8,11-12H2,1-2H3,(H2,17,18). The Balaban J connectivity index is 2.51. The van der Waals surface area contributed by atoms with E-state index < -0.39 is 6.09 Å². The van der Waals surface area contributed by atoms with Gasteiger partial charge >= 0.3 is 6.09 Å². The number of carbonyl (C=O) groups is 1. The van der Waals surface area contributed by atoms with E-state index in [2.05, 4.69) is 0 Å². The Hall–Kier alpha value is -1.59. The molecule has 0 saturated carbocycles. The Morgan fingerprint density at radius 1 is 1.10 bits per heavy atom. The van der Waals surface area contributed by atoms with Crippen molar-refractivity contribution >= 4 is 6.09 Å². The molecule has 1 unspecified atom stereocenters. The summed E-state index contributed by atoms with van der Waals surface area (Å²) in [5.41, 5.74) is 6.09. The third kappa shape index (κ3) is 7.11. The molecule has 0 heterocycles. The maximum atomic E-state index is 11.0. The Labute approximate surface area is 126 Å². The van der Waals surface area contributed by atoms with Gasteiger partial charge in [-0.15, -0.1) is 0 Å². The molecule has 1 rings (SSSR count). The average Bonchev–Trinajstić information content (AvgIpc) is 2.47. The van der Waals surface area contributed by atoms with Gasteiger partial charge in [0.15, 0.2) is 6.29 Å². The van der Waals surface area contributed by atoms with Crippen molar-refractivity contribution in [2.45, 2.75) is 45.5 Å². The second-order valence-electron chi connectivity index (χ2n) is 4.61. The lowest BCUT2D eigenvalue weighted by molar-refractivity contribution is -0.140. The van der Waals surface area contributed by atoms with Gasteiger partial charge in [0.2, 0.25) is 0 Å². The Bertz CT molecular complexity index is 391. The molecule has 1 aromatic carbocycles. The van der Waals surface area contributed by atoms with Crippen molar-refractivity contribution in [1.82, 2.24) is 0 Å². The van der Waals surface area contributed by atoms with E-state index in [0.717, 1.165) is 18.4 Å². The molecule has 5 nitrogen and oxygen atoms in total. The number of nitrogens with two attached hydrogens (primary N) is 1. The zero-order valence-corrected chi connectivity index (χ0v) is 12.8. The molecule has 1 aromatic rings. The molecule has 2 N–H and O–H groups in total. The van der Waals surface area contributed by atoms with Crippen LogP contribution in [-0.4, -0.2) is 25.6 Å². The zero-order valence-electron chi connectivity index (χ0n) is 12.8. The fraction of sp³-hybridized carbons (Fsp3) is 0.562. The highest BCUT2D eigenvalue weighted by molar-refractivity contribution is 5.65. The molecule has 1 amide bonds. The zero-order chi connectivity index (χ0) is 15.5. The molecular weight excluding hydrogens is 270 g/mol. The van der Waals surface area contributed by atoms with Crippen LogP contribution < -0.4 is 5.73 Å². The monoisotopic (exact) mass is 295 g/mol. The van der Waals surface area contributed by atoms with Crippen LogP contribution in [0.4, 0.5) is 4.79 Å². The van der Waals surface area contributed by atoms with E-state index in [0.29, 0.717) is 19.6 Å². The maximum absolute atomic E-state index is 11.0. The number of benzene rings is 1. The number of primary amides is 1. The molecule has 0 radical (unpaired) electrons. The van der Waals surface area contributed by atoms with E-state index >= 15 is 0 Å². The van der Waals surface area contributed by atoms with E-state index in [1.807, 2.05) is 44.2 Å². The minimum absolute atomic E-state index is 0.204. The van der Waals surface area contributed by atoms with E-state index in [9.17, 15) is 4.79 Å². The topological polar surface area (TPSA) is 70.8 Å². The van der Waals surface area contributed by atoms with Gasteiger partial charge in [-0.2, -0.15) is 0 Å². The molecule has 0 fully saturated rings. The second kappa shape index (κ2) is 10.2. The molecule has 118 valence electrons. The lowest BCUT2D eigenvalue weighted by atomic mass is 10.0. The minimum Gasteiger partial charge on any atom is -0.442 e. The average molecular weight is 295 g/mol. The van der Waals surface area contributed by atoms with Crippen molar-refractivity contribution in [3.05, 3.63) is 35.9 Å². The summed E-state index contributed by atoms with van der Waals surface area (Å²) in [5.74, 6) is 0. The molecular formula is C16H25NO4. The molecule has 0 spiro atoms. The number of hydrogen-bond donors (Lipinski definition) is 1. The number of rotatable bonds is 10. The van der Waals surface area contributed by atoms with Crippen LogP contribution in [0.3, 0.4) is 0 Å². The van der Waals surface area contributed by atoms with Crippen LogP contribution in [0.15, 0.2) is 30.3 Å². The van der Waals surface area contributed by atoms with Crippen LogP contribution in [0.2, 0.25) is 0 Å². The van der Waals surface area contributed by atoms with Crippen molar-refractivity contribution < 1.29 is 19.0 Å². The third-order valence-electron chi connectivity index (χ3n) is 3.04. The van der Waals surface area contributed by atoms with Crippen LogP contribution in [0.25, 0.3) is 0 Å². The van der Waals surface area contributed by atoms with Gasteiger partial charge in [0.25, 0.3) is 0 Å². The first-order valence-corrected chi connectivity index (χ1v) is 7.41. The van der Waals surface area contributed by atoms with E-state index in [1.54, 1.807) is 0 Å². The molecule has 0 bridgehead atoms.